The Bertz CT molecular complexity index is 799. The van der Waals surface area contributed by atoms with Gasteiger partial charge in [0.05, 0.1) is 12.2 Å². The van der Waals surface area contributed by atoms with E-state index in [0.717, 1.165) is 16.9 Å². The Labute approximate surface area is 156 Å². The molecule has 2 aliphatic rings. The van der Waals surface area contributed by atoms with Crippen LogP contribution in [0.3, 0.4) is 0 Å². The zero-order chi connectivity index (χ0) is 19.9. The minimum atomic E-state index is -2.11. The number of aryl methyl sites for hydroxylation is 1. The maximum absolute atomic E-state index is 8.46. The summed E-state index contributed by atoms with van der Waals surface area (Å²) in [6.45, 7) is 2.19. The summed E-state index contributed by atoms with van der Waals surface area (Å²) in [5, 5.41) is 0. The summed E-state index contributed by atoms with van der Waals surface area (Å²) in [4.78, 5) is 4.40. The molecule has 3 atom stereocenters. The maximum Gasteiger partial charge on any atom is 0.0994 e. The van der Waals surface area contributed by atoms with Crippen LogP contribution in [0.4, 0.5) is 11.4 Å². The van der Waals surface area contributed by atoms with Crippen LogP contribution in [-0.4, -0.2) is 18.2 Å². The quantitative estimate of drug-likeness (QED) is 0.718. The number of para-hydroxylation sites is 2. The van der Waals surface area contributed by atoms with Gasteiger partial charge in [0.2, 0.25) is 0 Å². The van der Waals surface area contributed by atoms with Gasteiger partial charge in [0.1, 0.15) is 0 Å². The largest absolute Gasteiger partial charge is 0.346 e. The van der Waals surface area contributed by atoms with Gasteiger partial charge in [-0.05, 0) is 63.2 Å². The minimum absolute atomic E-state index is 0.134. The summed E-state index contributed by atoms with van der Waals surface area (Å²) < 4.78 is 25.4. The van der Waals surface area contributed by atoms with Crippen molar-refractivity contribution in [2.24, 2.45) is 5.92 Å². The lowest BCUT2D eigenvalue weighted by molar-refractivity contribution is 0.403. The molecule has 0 amide bonds. The standard InChI is InChI=1S/C23H30N2/c1-17-11-7-10-16-22(17)24-18(2)23(20-12-8-9-13-20)25(19(24)3)21-14-5-4-6-15-21/h4-7,10-11,14-16,18-20,23H,8-9,12-13H2,1-3H3/t18-,19?,23?/m0/s1/i3D3. The molecule has 2 aromatic rings. The molecule has 0 N–H and O–H groups in total. The second-order valence-electron chi connectivity index (χ2n) is 7.59. The highest BCUT2D eigenvalue weighted by Gasteiger charge is 2.47. The molecule has 4 rings (SSSR count). The zero-order valence-corrected chi connectivity index (χ0v) is 15.2. The topological polar surface area (TPSA) is 6.48 Å². The van der Waals surface area contributed by atoms with E-state index >= 15 is 0 Å². The average Bonchev–Trinajstić information content (AvgIpc) is 3.28. The third-order valence-electron chi connectivity index (χ3n) is 6.11. The van der Waals surface area contributed by atoms with Crippen LogP contribution in [0.1, 0.15) is 49.1 Å². The summed E-state index contributed by atoms with van der Waals surface area (Å²) in [6, 6.07) is 18.7. The molecule has 2 fully saturated rings. The molecule has 2 aromatic carbocycles. The van der Waals surface area contributed by atoms with Crippen LogP contribution >= 0.6 is 0 Å². The van der Waals surface area contributed by atoms with Crippen molar-refractivity contribution in [2.45, 2.75) is 64.6 Å². The fraction of sp³-hybridized carbons (Fsp3) is 0.478. The van der Waals surface area contributed by atoms with E-state index in [9.17, 15) is 0 Å². The van der Waals surface area contributed by atoms with Crippen LogP contribution < -0.4 is 9.80 Å². The highest BCUT2D eigenvalue weighted by atomic mass is 15.5. The number of benzene rings is 2. The molecule has 2 heteroatoms. The second-order valence-corrected chi connectivity index (χ2v) is 7.59. The van der Waals surface area contributed by atoms with Crippen molar-refractivity contribution in [1.29, 1.82) is 0 Å². The lowest BCUT2D eigenvalue weighted by atomic mass is 9.91. The first-order chi connectivity index (χ1) is 13.4. The molecule has 0 spiro atoms. The van der Waals surface area contributed by atoms with Crippen molar-refractivity contribution in [3.63, 3.8) is 0 Å². The van der Waals surface area contributed by atoms with Gasteiger partial charge in [-0.3, -0.25) is 0 Å². The molecule has 1 aliphatic carbocycles. The SMILES string of the molecule is [2H]C([2H])([2H])C1N(c2ccccc2)C(C2CCCC2)[C@H](C)N1c1ccccc1C. The van der Waals surface area contributed by atoms with Crippen molar-refractivity contribution in [3.8, 4) is 0 Å². The van der Waals surface area contributed by atoms with E-state index in [0.29, 0.717) is 5.92 Å². The monoisotopic (exact) mass is 337 g/mol. The van der Waals surface area contributed by atoms with Gasteiger partial charge in [-0.2, -0.15) is 0 Å². The van der Waals surface area contributed by atoms with Gasteiger partial charge in [-0.1, -0.05) is 49.2 Å². The zero-order valence-electron chi connectivity index (χ0n) is 18.2. The van der Waals surface area contributed by atoms with Gasteiger partial charge in [0, 0.05) is 21.5 Å². The molecule has 0 radical (unpaired) electrons. The summed E-state index contributed by atoms with van der Waals surface area (Å²) in [5.41, 5.74) is 3.18. The highest BCUT2D eigenvalue weighted by molar-refractivity contribution is 5.62. The molecule has 0 aromatic heterocycles. The maximum atomic E-state index is 8.46. The molecule has 1 saturated carbocycles. The lowest BCUT2D eigenvalue weighted by Crippen LogP contribution is -2.42. The molecule has 2 unspecified atom stereocenters. The second kappa shape index (κ2) is 6.74. The molecule has 25 heavy (non-hydrogen) atoms. The molecular formula is C23H30N2. The molecule has 0 bridgehead atoms. The predicted molar refractivity (Wildman–Crippen MR) is 107 cm³/mol. The summed E-state index contributed by atoms with van der Waals surface area (Å²) in [7, 11) is 0. The van der Waals surface area contributed by atoms with E-state index in [1.54, 1.807) is 0 Å². The first kappa shape index (κ1) is 13.3. The molecule has 1 heterocycles. The van der Waals surface area contributed by atoms with Crippen LogP contribution in [-0.2, 0) is 0 Å². The Balaban J connectivity index is 1.88. The van der Waals surface area contributed by atoms with Gasteiger partial charge < -0.3 is 9.80 Å². The van der Waals surface area contributed by atoms with Crippen LogP contribution in [0, 0.1) is 12.8 Å². The van der Waals surface area contributed by atoms with Crippen molar-refractivity contribution >= 4 is 11.4 Å². The van der Waals surface area contributed by atoms with Gasteiger partial charge in [-0.15, -0.1) is 0 Å². The van der Waals surface area contributed by atoms with E-state index in [1.165, 1.54) is 25.7 Å². The molecule has 1 saturated heterocycles. The summed E-state index contributed by atoms with van der Waals surface area (Å²) >= 11 is 0. The highest BCUT2D eigenvalue weighted by Crippen LogP contribution is 2.43. The fourth-order valence-corrected chi connectivity index (χ4v) is 4.95. The number of hydrogen-bond donors (Lipinski definition) is 0. The fourth-order valence-electron chi connectivity index (χ4n) is 4.95. The van der Waals surface area contributed by atoms with Gasteiger partial charge >= 0.3 is 0 Å². The van der Waals surface area contributed by atoms with E-state index in [1.807, 2.05) is 30.3 Å². The first-order valence-corrected chi connectivity index (χ1v) is 9.57. The van der Waals surface area contributed by atoms with Gasteiger partial charge in [0.15, 0.2) is 0 Å². The molecule has 132 valence electrons. The van der Waals surface area contributed by atoms with E-state index in [-0.39, 0.29) is 12.1 Å². The Kier molecular flexibility index (Phi) is 3.58. The van der Waals surface area contributed by atoms with Crippen molar-refractivity contribution < 1.29 is 4.11 Å². The van der Waals surface area contributed by atoms with Gasteiger partial charge in [0.25, 0.3) is 0 Å². The summed E-state index contributed by atoms with van der Waals surface area (Å²) in [6.07, 6.45) is 4.22. The Morgan fingerprint density at radius 2 is 1.60 bits per heavy atom. The lowest BCUT2D eigenvalue weighted by Gasteiger charge is -2.34. The molecule has 1 aliphatic heterocycles. The summed E-state index contributed by atoms with van der Waals surface area (Å²) in [5.74, 6) is 0.536. The number of nitrogens with zero attached hydrogens (tertiary/aromatic N) is 2. The van der Waals surface area contributed by atoms with Crippen LogP contribution in [0.15, 0.2) is 54.6 Å². The first-order valence-electron chi connectivity index (χ1n) is 11.1. The Morgan fingerprint density at radius 3 is 2.28 bits per heavy atom. The van der Waals surface area contributed by atoms with Crippen molar-refractivity contribution in [2.75, 3.05) is 9.80 Å². The Morgan fingerprint density at radius 1 is 0.920 bits per heavy atom. The molecular weight excluding hydrogens is 304 g/mol. The number of anilines is 2. The predicted octanol–water partition coefficient (Wildman–Crippen LogP) is 5.61. The van der Waals surface area contributed by atoms with Crippen molar-refractivity contribution in [3.05, 3.63) is 60.2 Å². The van der Waals surface area contributed by atoms with E-state index in [2.05, 4.69) is 47.9 Å². The third kappa shape index (κ3) is 2.82. The Hall–Kier alpha value is -1.96. The number of hydrogen-bond acceptors (Lipinski definition) is 2. The van der Waals surface area contributed by atoms with E-state index < -0.39 is 13.0 Å². The van der Waals surface area contributed by atoms with Crippen molar-refractivity contribution in [1.82, 2.24) is 0 Å². The minimum Gasteiger partial charge on any atom is -0.346 e. The normalized spacial score (nSPS) is 29.5. The third-order valence-corrected chi connectivity index (χ3v) is 6.11. The average molecular weight is 338 g/mol. The van der Waals surface area contributed by atoms with Crippen LogP contribution in [0.2, 0.25) is 0 Å². The van der Waals surface area contributed by atoms with Crippen LogP contribution in [0.5, 0.6) is 0 Å². The van der Waals surface area contributed by atoms with Crippen LogP contribution in [0.25, 0.3) is 0 Å². The van der Waals surface area contributed by atoms with Gasteiger partial charge in [-0.25, -0.2) is 0 Å². The van der Waals surface area contributed by atoms with E-state index in [4.69, 9.17) is 4.11 Å². The molecule has 2 nitrogen and oxygen atoms in total. The number of rotatable bonds is 3. The smallest absolute Gasteiger partial charge is 0.0994 e.